The van der Waals surface area contributed by atoms with E-state index in [9.17, 15) is 14.7 Å². The lowest BCUT2D eigenvalue weighted by Gasteiger charge is -2.06. The number of hydrogen-bond acceptors (Lipinski definition) is 5. The zero-order valence-electron chi connectivity index (χ0n) is 11.5. The predicted octanol–water partition coefficient (Wildman–Crippen LogP) is 1.53. The van der Waals surface area contributed by atoms with Gasteiger partial charge in [-0.05, 0) is 18.6 Å². The van der Waals surface area contributed by atoms with Gasteiger partial charge in [0.15, 0.2) is 4.96 Å². The molecule has 112 valence electrons. The van der Waals surface area contributed by atoms with Crippen LogP contribution in [0.25, 0.3) is 16.2 Å². The third-order valence-corrected chi connectivity index (χ3v) is 3.88. The highest BCUT2D eigenvalue weighted by molar-refractivity contribution is 7.15. The number of carboxylic acid groups (broad SMARTS) is 1. The van der Waals surface area contributed by atoms with Crippen LogP contribution >= 0.6 is 11.3 Å². The number of hydrogen-bond donors (Lipinski definition) is 1. The second-order valence-electron chi connectivity index (χ2n) is 4.72. The molecule has 1 amide bonds. The van der Waals surface area contributed by atoms with Gasteiger partial charge in [-0.3, -0.25) is 9.20 Å². The summed E-state index contributed by atoms with van der Waals surface area (Å²) in [5, 5.41) is 14.9. The molecule has 0 radical (unpaired) electrons. The molecule has 1 N–H and O–H groups in total. The average Bonchev–Trinajstić information content (AvgIpc) is 3.07. The van der Waals surface area contributed by atoms with Crippen molar-refractivity contribution in [2.45, 2.75) is 12.8 Å². The van der Waals surface area contributed by atoms with Crippen LogP contribution < -0.4 is 10.4 Å². The number of imidazole rings is 1. The fourth-order valence-electron chi connectivity index (χ4n) is 2.03. The number of thiazole rings is 1. The molecule has 0 atom stereocenters. The molecule has 0 fully saturated rings. The van der Waals surface area contributed by atoms with Crippen LogP contribution in [0.3, 0.4) is 0 Å². The van der Waals surface area contributed by atoms with Gasteiger partial charge in [0.25, 0.3) is 0 Å². The minimum atomic E-state index is -1.23. The third kappa shape index (κ3) is 3.15. The van der Waals surface area contributed by atoms with Crippen LogP contribution in [-0.2, 0) is 9.59 Å². The number of nitrogens with zero attached hydrogens (tertiary/aromatic N) is 2. The summed E-state index contributed by atoms with van der Waals surface area (Å²) in [4.78, 5) is 27.3. The molecule has 6 nitrogen and oxygen atoms in total. The number of carbonyl (C=O) groups excluding carboxylic acids is 2. The van der Waals surface area contributed by atoms with Crippen molar-refractivity contribution >= 4 is 33.9 Å². The fraction of sp³-hybridized carbons (Fsp3) is 0.133. The van der Waals surface area contributed by atoms with E-state index in [2.05, 4.69) is 10.3 Å². The summed E-state index contributed by atoms with van der Waals surface area (Å²) >= 11 is 1.56. The zero-order chi connectivity index (χ0) is 15.5. The van der Waals surface area contributed by atoms with Gasteiger partial charge in [0.05, 0.1) is 5.69 Å². The Labute approximate surface area is 130 Å². The molecule has 0 unspecified atom stereocenters. The Morgan fingerprint density at radius 1 is 1.23 bits per heavy atom. The van der Waals surface area contributed by atoms with Crippen LogP contribution in [0.4, 0.5) is 5.69 Å². The molecule has 0 aliphatic carbocycles. The summed E-state index contributed by atoms with van der Waals surface area (Å²) in [6, 6.07) is 7.25. The number of carboxylic acids is 1. The molecule has 7 heteroatoms. The number of anilines is 1. The monoisotopic (exact) mass is 314 g/mol. The van der Waals surface area contributed by atoms with E-state index in [1.807, 2.05) is 34.3 Å². The molecule has 2 aromatic heterocycles. The molecule has 0 saturated carbocycles. The van der Waals surface area contributed by atoms with Gasteiger partial charge in [0.1, 0.15) is 0 Å². The summed E-state index contributed by atoms with van der Waals surface area (Å²) < 4.78 is 1.95. The third-order valence-electron chi connectivity index (χ3n) is 3.11. The lowest BCUT2D eigenvalue weighted by Crippen LogP contribution is -2.24. The van der Waals surface area contributed by atoms with Crippen molar-refractivity contribution in [2.75, 3.05) is 5.32 Å². The largest absolute Gasteiger partial charge is 0.550 e. The van der Waals surface area contributed by atoms with Gasteiger partial charge >= 0.3 is 0 Å². The van der Waals surface area contributed by atoms with E-state index in [1.165, 1.54) is 0 Å². The summed E-state index contributed by atoms with van der Waals surface area (Å²) in [5.41, 5.74) is 2.43. The highest BCUT2D eigenvalue weighted by Crippen LogP contribution is 2.23. The Balaban J connectivity index is 1.68. The minimum absolute atomic E-state index is 0.0958. The van der Waals surface area contributed by atoms with E-state index < -0.39 is 5.97 Å². The van der Waals surface area contributed by atoms with Crippen molar-refractivity contribution in [3.63, 3.8) is 0 Å². The first-order valence-electron chi connectivity index (χ1n) is 6.64. The van der Waals surface area contributed by atoms with Crippen LogP contribution in [-0.4, -0.2) is 21.3 Å². The Bertz CT molecular complexity index is 792. The fourth-order valence-corrected chi connectivity index (χ4v) is 2.73. The van der Waals surface area contributed by atoms with E-state index in [4.69, 9.17) is 0 Å². The van der Waals surface area contributed by atoms with Gasteiger partial charge in [-0.15, -0.1) is 11.3 Å². The van der Waals surface area contributed by atoms with E-state index >= 15 is 0 Å². The minimum Gasteiger partial charge on any atom is -0.550 e. The van der Waals surface area contributed by atoms with Crippen LogP contribution in [0.2, 0.25) is 0 Å². The molecule has 2 heterocycles. The van der Waals surface area contributed by atoms with Gasteiger partial charge in [0.2, 0.25) is 5.91 Å². The maximum absolute atomic E-state index is 11.5. The van der Waals surface area contributed by atoms with E-state index in [0.29, 0.717) is 5.69 Å². The Morgan fingerprint density at radius 2 is 2.00 bits per heavy atom. The average molecular weight is 314 g/mol. The van der Waals surface area contributed by atoms with Crippen molar-refractivity contribution in [2.24, 2.45) is 0 Å². The van der Waals surface area contributed by atoms with Crippen molar-refractivity contribution in [3.8, 4) is 11.3 Å². The predicted molar refractivity (Wildman–Crippen MR) is 81.4 cm³/mol. The lowest BCUT2D eigenvalue weighted by molar-refractivity contribution is -0.305. The van der Waals surface area contributed by atoms with Crippen molar-refractivity contribution in [1.29, 1.82) is 0 Å². The summed E-state index contributed by atoms with van der Waals surface area (Å²) in [6.45, 7) is 0. The molecule has 22 heavy (non-hydrogen) atoms. The molecular weight excluding hydrogens is 302 g/mol. The number of benzene rings is 1. The van der Waals surface area contributed by atoms with Crippen LogP contribution in [0.1, 0.15) is 12.8 Å². The number of nitrogens with one attached hydrogen (secondary N) is 1. The standard InChI is InChI=1S/C15H13N3O3S/c19-13(5-6-14(20)21)16-11-3-1-10(2-4-11)12-9-18-7-8-22-15(18)17-12/h1-4,7-9H,5-6H2,(H,16,19)(H,20,21)/p-1. The smallest absolute Gasteiger partial charge is 0.224 e. The first-order chi connectivity index (χ1) is 10.6. The molecule has 0 aliphatic heterocycles. The maximum Gasteiger partial charge on any atom is 0.224 e. The quantitative estimate of drug-likeness (QED) is 0.774. The molecule has 0 bridgehead atoms. The van der Waals surface area contributed by atoms with E-state index in [-0.39, 0.29) is 18.7 Å². The Kier molecular flexibility index (Phi) is 3.88. The molecule has 0 saturated heterocycles. The SMILES string of the molecule is O=C([O-])CCC(=O)Nc1ccc(-c2cn3ccsc3n2)cc1. The van der Waals surface area contributed by atoms with Crippen molar-refractivity contribution in [1.82, 2.24) is 9.38 Å². The van der Waals surface area contributed by atoms with Gasteiger partial charge in [-0.1, -0.05) is 12.1 Å². The van der Waals surface area contributed by atoms with Gasteiger partial charge in [-0.2, -0.15) is 0 Å². The first kappa shape index (κ1) is 14.3. The number of rotatable bonds is 5. The molecule has 3 rings (SSSR count). The number of fused-ring (bicyclic) bond motifs is 1. The molecule has 1 aromatic carbocycles. The van der Waals surface area contributed by atoms with Crippen molar-refractivity contribution < 1.29 is 14.7 Å². The second kappa shape index (κ2) is 5.98. The molecule has 3 aromatic rings. The highest BCUT2D eigenvalue weighted by Gasteiger charge is 2.06. The van der Waals surface area contributed by atoms with Gasteiger partial charge in [0, 0.05) is 41.4 Å². The van der Waals surface area contributed by atoms with Gasteiger partial charge < -0.3 is 15.2 Å². The topological polar surface area (TPSA) is 86.5 Å². The van der Waals surface area contributed by atoms with Crippen molar-refractivity contribution in [3.05, 3.63) is 42.0 Å². The molecule has 0 aliphatic rings. The van der Waals surface area contributed by atoms with Crippen LogP contribution in [0, 0.1) is 0 Å². The number of aliphatic carboxylic acids is 1. The molecule has 0 spiro atoms. The lowest BCUT2D eigenvalue weighted by atomic mass is 10.1. The number of aromatic nitrogens is 2. The summed E-state index contributed by atoms with van der Waals surface area (Å²) in [5.74, 6) is -1.58. The van der Waals surface area contributed by atoms with Crippen LogP contribution in [0.15, 0.2) is 42.0 Å². The zero-order valence-corrected chi connectivity index (χ0v) is 12.3. The first-order valence-corrected chi connectivity index (χ1v) is 7.52. The Morgan fingerprint density at radius 3 is 2.68 bits per heavy atom. The maximum atomic E-state index is 11.5. The number of carbonyl (C=O) groups is 2. The number of amides is 1. The van der Waals surface area contributed by atoms with E-state index in [1.54, 1.807) is 23.5 Å². The highest BCUT2D eigenvalue weighted by atomic mass is 32.1. The Hall–Kier alpha value is -2.67. The summed E-state index contributed by atoms with van der Waals surface area (Å²) in [6.07, 6.45) is 3.51. The molecular formula is C15H12N3O3S-. The van der Waals surface area contributed by atoms with Gasteiger partial charge in [-0.25, -0.2) is 4.98 Å². The van der Waals surface area contributed by atoms with Crippen LogP contribution in [0.5, 0.6) is 0 Å². The summed E-state index contributed by atoms with van der Waals surface area (Å²) in [7, 11) is 0. The van der Waals surface area contributed by atoms with E-state index in [0.717, 1.165) is 16.2 Å². The normalized spacial score (nSPS) is 10.7. The second-order valence-corrected chi connectivity index (χ2v) is 5.59.